The van der Waals surface area contributed by atoms with Gasteiger partial charge in [0.2, 0.25) is 0 Å². The molecule has 1 aliphatic rings. The Bertz CT molecular complexity index is 462. The van der Waals surface area contributed by atoms with Crippen molar-refractivity contribution in [3.05, 3.63) is 23.8 Å². The molecule has 0 aromatic heterocycles. The molecule has 1 aromatic carbocycles. The Balaban J connectivity index is 2.28. The fourth-order valence-corrected chi connectivity index (χ4v) is 1.48. The maximum absolute atomic E-state index is 12.8. The van der Waals surface area contributed by atoms with E-state index in [0.29, 0.717) is 5.56 Å². The van der Waals surface area contributed by atoms with E-state index in [4.69, 9.17) is 0 Å². The van der Waals surface area contributed by atoms with Gasteiger partial charge < -0.3 is 14.8 Å². The van der Waals surface area contributed by atoms with E-state index >= 15 is 0 Å². The summed E-state index contributed by atoms with van der Waals surface area (Å²) in [5.41, 5.74) is 0.298. The molecule has 0 saturated heterocycles. The molecule has 1 heterocycles. The normalized spacial score (nSPS) is 17.9. The number of hydrogen-bond acceptors (Lipinski definition) is 4. The fourth-order valence-electron chi connectivity index (χ4n) is 1.48. The zero-order chi connectivity index (χ0) is 12.6. The molecule has 4 nitrogen and oxygen atoms in total. The van der Waals surface area contributed by atoms with Crippen LogP contribution in [0.3, 0.4) is 0 Å². The molecule has 1 unspecified atom stereocenters. The predicted octanol–water partition coefficient (Wildman–Crippen LogP) is 1.80. The number of fused-ring (bicyclic) bond motifs is 1. The largest absolute Gasteiger partial charge is 0.586 e. The van der Waals surface area contributed by atoms with Crippen LogP contribution in [0.2, 0.25) is 0 Å². The number of likely N-dealkylation sites (N-methyl/N-ethyl adjacent to an activating group) is 1. The summed E-state index contributed by atoms with van der Waals surface area (Å²) in [6.45, 7) is 1.68. The Morgan fingerprint density at radius 1 is 1.35 bits per heavy atom. The van der Waals surface area contributed by atoms with E-state index in [1.807, 2.05) is 0 Å². The lowest BCUT2D eigenvalue weighted by molar-refractivity contribution is -0.286. The molecule has 0 saturated carbocycles. The van der Waals surface area contributed by atoms with Gasteiger partial charge >= 0.3 is 6.29 Å². The third-order valence-electron chi connectivity index (χ3n) is 2.51. The molecule has 0 spiro atoms. The SMILES string of the molecule is CNC(C)C(=O)c1ccc2c(c1)OC(F)(F)O2. The van der Waals surface area contributed by atoms with Crippen LogP contribution in [0.5, 0.6) is 11.5 Å². The molecular weight excluding hydrogens is 232 g/mol. The summed E-state index contributed by atoms with van der Waals surface area (Å²) in [5, 5.41) is 2.78. The molecule has 92 valence electrons. The molecule has 6 heteroatoms. The van der Waals surface area contributed by atoms with E-state index in [-0.39, 0.29) is 17.3 Å². The average Bonchev–Trinajstić information content (AvgIpc) is 2.59. The van der Waals surface area contributed by atoms with Gasteiger partial charge in [-0.05, 0) is 32.2 Å². The van der Waals surface area contributed by atoms with Crippen LogP contribution in [0.15, 0.2) is 18.2 Å². The molecule has 1 aromatic rings. The maximum atomic E-state index is 12.8. The molecular formula is C11H11F2NO3. The summed E-state index contributed by atoms with van der Waals surface area (Å²) in [5.74, 6) is -0.387. The van der Waals surface area contributed by atoms with Crippen LogP contribution in [0, 0.1) is 0 Å². The highest BCUT2D eigenvalue weighted by molar-refractivity contribution is 6.00. The molecule has 1 N–H and O–H groups in total. The van der Waals surface area contributed by atoms with E-state index in [0.717, 1.165) is 0 Å². The summed E-state index contributed by atoms with van der Waals surface area (Å²) in [7, 11) is 1.64. The van der Waals surface area contributed by atoms with Gasteiger partial charge in [-0.2, -0.15) is 0 Å². The van der Waals surface area contributed by atoms with Gasteiger partial charge in [-0.1, -0.05) is 0 Å². The molecule has 1 aliphatic heterocycles. The quantitative estimate of drug-likeness (QED) is 0.822. The molecule has 0 aliphatic carbocycles. The van der Waals surface area contributed by atoms with Crippen molar-refractivity contribution < 1.29 is 23.0 Å². The number of ether oxygens (including phenoxy) is 2. The first-order valence-corrected chi connectivity index (χ1v) is 5.04. The second-order valence-corrected chi connectivity index (χ2v) is 3.70. The van der Waals surface area contributed by atoms with Crippen LogP contribution < -0.4 is 14.8 Å². The monoisotopic (exact) mass is 243 g/mol. The van der Waals surface area contributed by atoms with Gasteiger partial charge in [0, 0.05) is 5.56 Å². The minimum Gasteiger partial charge on any atom is -0.395 e. The number of nitrogens with one attached hydrogen (secondary N) is 1. The van der Waals surface area contributed by atoms with Crippen molar-refractivity contribution in [2.75, 3.05) is 7.05 Å². The first-order chi connectivity index (χ1) is 7.93. The number of alkyl halides is 2. The minimum atomic E-state index is -3.65. The van der Waals surface area contributed by atoms with Gasteiger partial charge in [0.1, 0.15) is 0 Å². The number of hydrogen-bond donors (Lipinski definition) is 1. The Hall–Kier alpha value is -1.69. The van der Waals surface area contributed by atoms with E-state index in [2.05, 4.69) is 14.8 Å². The van der Waals surface area contributed by atoms with E-state index in [9.17, 15) is 13.6 Å². The highest BCUT2D eigenvalue weighted by Gasteiger charge is 2.43. The number of carbonyl (C=O) groups is 1. The zero-order valence-electron chi connectivity index (χ0n) is 9.29. The summed E-state index contributed by atoms with van der Waals surface area (Å²) in [6.07, 6.45) is -3.65. The number of ketones is 1. The Morgan fingerprint density at radius 2 is 2.00 bits per heavy atom. The third-order valence-corrected chi connectivity index (χ3v) is 2.51. The summed E-state index contributed by atoms with van der Waals surface area (Å²) < 4.78 is 34.0. The molecule has 0 fully saturated rings. The topological polar surface area (TPSA) is 47.6 Å². The fraction of sp³-hybridized carbons (Fsp3) is 0.364. The second-order valence-electron chi connectivity index (χ2n) is 3.70. The van der Waals surface area contributed by atoms with Crippen molar-refractivity contribution in [1.82, 2.24) is 5.32 Å². The van der Waals surface area contributed by atoms with Crippen LogP contribution in [0.4, 0.5) is 8.78 Å². The first-order valence-electron chi connectivity index (χ1n) is 5.04. The Labute approximate surface area is 96.5 Å². The minimum absolute atomic E-state index is 0.0661. The lowest BCUT2D eigenvalue weighted by Crippen LogP contribution is -2.30. The Morgan fingerprint density at radius 3 is 2.65 bits per heavy atom. The van der Waals surface area contributed by atoms with Crippen LogP contribution in [0.1, 0.15) is 17.3 Å². The number of rotatable bonds is 3. The van der Waals surface area contributed by atoms with Crippen LogP contribution in [-0.2, 0) is 0 Å². The van der Waals surface area contributed by atoms with Crippen molar-refractivity contribution in [2.45, 2.75) is 19.3 Å². The van der Waals surface area contributed by atoms with Crippen LogP contribution in [-0.4, -0.2) is 25.2 Å². The number of halogens is 2. The van der Waals surface area contributed by atoms with Crippen molar-refractivity contribution in [3.63, 3.8) is 0 Å². The summed E-state index contributed by atoms with van der Waals surface area (Å²) in [6, 6.07) is 3.59. The van der Waals surface area contributed by atoms with Gasteiger partial charge in [-0.3, -0.25) is 4.79 Å². The zero-order valence-corrected chi connectivity index (χ0v) is 9.29. The van der Waals surface area contributed by atoms with Crippen molar-refractivity contribution >= 4 is 5.78 Å². The molecule has 1 atom stereocenters. The number of Topliss-reactive ketones (excluding diaryl/α,β-unsaturated/α-hetero) is 1. The number of carbonyl (C=O) groups excluding carboxylic acids is 1. The second kappa shape index (κ2) is 3.96. The molecule has 0 bridgehead atoms. The van der Waals surface area contributed by atoms with Gasteiger partial charge in [0.25, 0.3) is 0 Å². The van der Waals surface area contributed by atoms with E-state index in [1.165, 1.54) is 18.2 Å². The highest BCUT2D eigenvalue weighted by Crippen LogP contribution is 2.41. The lowest BCUT2D eigenvalue weighted by atomic mass is 10.1. The first kappa shape index (κ1) is 11.8. The maximum Gasteiger partial charge on any atom is 0.586 e. The molecule has 17 heavy (non-hydrogen) atoms. The smallest absolute Gasteiger partial charge is 0.395 e. The summed E-state index contributed by atoms with van der Waals surface area (Å²) >= 11 is 0. The van der Waals surface area contributed by atoms with Gasteiger partial charge in [0.05, 0.1) is 6.04 Å². The Kier molecular flexibility index (Phi) is 2.74. The van der Waals surface area contributed by atoms with Crippen molar-refractivity contribution in [3.8, 4) is 11.5 Å². The molecule has 2 rings (SSSR count). The highest BCUT2D eigenvalue weighted by atomic mass is 19.3. The van der Waals surface area contributed by atoms with E-state index < -0.39 is 12.3 Å². The molecule has 0 amide bonds. The van der Waals surface area contributed by atoms with Gasteiger partial charge in [-0.25, -0.2) is 0 Å². The lowest BCUT2D eigenvalue weighted by Gasteiger charge is -2.08. The average molecular weight is 243 g/mol. The number of benzene rings is 1. The predicted molar refractivity (Wildman–Crippen MR) is 55.5 cm³/mol. The van der Waals surface area contributed by atoms with E-state index in [1.54, 1.807) is 14.0 Å². The van der Waals surface area contributed by atoms with Crippen molar-refractivity contribution in [2.24, 2.45) is 0 Å². The van der Waals surface area contributed by atoms with Gasteiger partial charge in [-0.15, -0.1) is 8.78 Å². The third kappa shape index (κ3) is 2.21. The molecule has 0 radical (unpaired) electrons. The van der Waals surface area contributed by atoms with Crippen LogP contribution in [0.25, 0.3) is 0 Å². The summed E-state index contributed by atoms with van der Waals surface area (Å²) in [4.78, 5) is 11.8. The van der Waals surface area contributed by atoms with Gasteiger partial charge in [0.15, 0.2) is 17.3 Å². The standard InChI is InChI=1S/C11H11F2NO3/c1-6(14-2)10(15)7-3-4-8-9(5-7)17-11(12,13)16-8/h3-6,14H,1-2H3. The van der Waals surface area contributed by atoms with Crippen molar-refractivity contribution in [1.29, 1.82) is 0 Å². The van der Waals surface area contributed by atoms with Crippen LogP contribution >= 0.6 is 0 Å².